The van der Waals surface area contributed by atoms with E-state index in [9.17, 15) is 4.79 Å². The monoisotopic (exact) mass is 272 g/mol. The molecule has 0 fully saturated rings. The highest BCUT2D eigenvalue weighted by Gasteiger charge is 2.08. The number of carbonyl (C=O) groups is 1. The molecule has 0 aliphatic heterocycles. The van der Waals surface area contributed by atoms with E-state index in [0.717, 1.165) is 20.8 Å². The maximum Gasteiger partial charge on any atom is 0.410 e. The number of rotatable bonds is 2. The molecule has 0 radical (unpaired) electrons. The van der Waals surface area contributed by atoms with E-state index in [1.807, 2.05) is 12.1 Å². The second-order valence-corrected chi connectivity index (χ2v) is 4.76. The summed E-state index contributed by atoms with van der Waals surface area (Å²) in [5.74, 6) is 0.293. The maximum absolute atomic E-state index is 10.6. The van der Waals surface area contributed by atoms with Gasteiger partial charge in [0, 0.05) is 24.0 Å². The smallest absolute Gasteiger partial charge is 0.410 e. The van der Waals surface area contributed by atoms with Gasteiger partial charge in [0.15, 0.2) is 0 Å². The molecule has 0 saturated carbocycles. The molecule has 2 N–H and O–H groups in total. The lowest BCUT2D eigenvalue weighted by atomic mass is 10.3. The lowest BCUT2D eigenvalue weighted by Gasteiger charge is -1.97. The van der Waals surface area contributed by atoms with E-state index in [4.69, 9.17) is 5.11 Å². The molecule has 3 rings (SSSR count). The van der Waals surface area contributed by atoms with Gasteiger partial charge in [0.1, 0.15) is 16.3 Å². The predicted octanol–water partition coefficient (Wildman–Crippen LogP) is 2.84. The molecule has 0 bridgehead atoms. The fraction of sp³-hybridized carbons (Fsp3) is 0. The highest BCUT2D eigenvalue weighted by atomic mass is 32.1. The minimum absolute atomic E-state index is 0.293. The topological polar surface area (TPSA) is 88.0 Å². The zero-order valence-electron chi connectivity index (χ0n) is 9.57. The van der Waals surface area contributed by atoms with Crippen molar-refractivity contribution in [2.45, 2.75) is 0 Å². The fourth-order valence-electron chi connectivity index (χ4n) is 1.62. The molecule has 7 heteroatoms. The van der Waals surface area contributed by atoms with Gasteiger partial charge in [0.25, 0.3) is 0 Å². The van der Waals surface area contributed by atoms with Gasteiger partial charge >= 0.3 is 6.09 Å². The normalized spacial score (nSPS) is 10.5. The van der Waals surface area contributed by atoms with E-state index in [0.29, 0.717) is 5.82 Å². The highest BCUT2D eigenvalue weighted by Crippen LogP contribution is 2.30. The van der Waals surface area contributed by atoms with Crippen molar-refractivity contribution in [3.63, 3.8) is 0 Å². The van der Waals surface area contributed by atoms with Crippen LogP contribution in [-0.2, 0) is 0 Å². The minimum atomic E-state index is -1.14. The SMILES string of the molecule is O=C(O)Nc1cc2sc(-c3cccnc3)nc2cn1. The third-order valence-corrected chi connectivity index (χ3v) is 3.49. The summed E-state index contributed by atoms with van der Waals surface area (Å²) in [6.07, 6.45) is 3.86. The molecule has 0 unspecified atom stereocenters. The van der Waals surface area contributed by atoms with Gasteiger partial charge in [-0.1, -0.05) is 0 Å². The summed E-state index contributed by atoms with van der Waals surface area (Å²) in [6, 6.07) is 5.44. The molecular weight excluding hydrogens is 264 g/mol. The molecule has 1 amide bonds. The number of hydrogen-bond donors (Lipinski definition) is 2. The summed E-state index contributed by atoms with van der Waals surface area (Å²) < 4.78 is 0.873. The molecule has 3 aromatic rings. The Morgan fingerprint density at radius 2 is 2.26 bits per heavy atom. The first-order valence-corrected chi connectivity index (χ1v) is 6.21. The van der Waals surface area contributed by atoms with Gasteiger partial charge in [0.05, 0.1) is 10.9 Å². The van der Waals surface area contributed by atoms with Crippen LogP contribution in [0.5, 0.6) is 0 Å². The second-order valence-electron chi connectivity index (χ2n) is 3.73. The van der Waals surface area contributed by atoms with Gasteiger partial charge in [0.2, 0.25) is 0 Å². The van der Waals surface area contributed by atoms with Crippen LogP contribution in [0, 0.1) is 0 Å². The van der Waals surface area contributed by atoms with Crippen molar-refractivity contribution in [3.05, 3.63) is 36.8 Å². The van der Waals surface area contributed by atoms with E-state index < -0.39 is 6.09 Å². The Labute approximate surface area is 111 Å². The quantitative estimate of drug-likeness (QED) is 0.749. The Hall–Kier alpha value is -2.54. The van der Waals surface area contributed by atoms with Gasteiger partial charge < -0.3 is 5.11 Å². The number of nitrogens with one attached hydrogen (secondary N) is 1. The molecule has 19 heavy (non-hydrogen) atoms. The number of nitrogens with zero attached hydrogens (tertiary/aromatic N) is 3. The van der Waals surface area contributed by atoms with Gasteiger partial charge in [-0.2, -0.15) is 0 Å². The molecule has 6 nitrogen and oxygen atoms in total. The Kier molecular flexibility index (Phi) is 2.81. The molecule has 0 aromatic carbocycles. The second kappa shape index (κ2) is 4.62. The largest absolute Gasteiger partial charge is 0.465 e. The Balaban J connectivity index is 2.04. The zero-order valence-corrected chi connectivity index (χ0v) is 10.4. The van der Waals surface area contributed by atoms with E-state index in [2.05, 4.69) is 20.3 Å². The van der Waals surface area contributed by atoms with Crippen LogP contribution in [0.15, 0.2) is 36.8 Å². The molecule has 3 heterocycles. The van der Waals surface area contributed by atoms with Crippen molar-refractivity contribution >= 4 is 33.5 Å². The minimum Gasteiger partial charge on any atom is -0.465 e. The van der Waals surface area contributed by atoms with Crippen molar-refractivity contribution in [2.75, 3.05) is 5.32 Å². The number of hydrogen-bond acceptors (Lipinski definition) is 5. The number of amides is 1. The lowest BCUT2D eigenvalue weighted by molar-refractivity contribution is 0.209. The standard InChI is InChI=1S/C12H8N4O2S/c17-12(18)16-10-4-9-8(6-14-10)15-11(19-9)7-2-1-3-13-5-7/h1-6H,(H,14,16)(H,17,18). The van der Waals surface area contributed by atoms with Crippen LogP contribution >= 0.6 is 11.3 Å². The first-order valence-electron chi connectivity index (χ1n) is 5.39. The molecule has 0 aliphatic carbocycles. The summed E-state index contributed by atoms with van der Waals surface area (Å²) >= 11 is 1.47. The van der Waals surface area contributed by atoms with Crippen molar-refractivity contribution in [2.24, 2.45) is 0 Å². The molecule has 0 atom stereocenters. The van der Waals surface area contributed by atoms with Gasteiger partial charge in [-0.25, -0.2) is 14.8 Å². The van der Waals surface area contributed by atoms with E-state index >= 15 is 0 Å². The number of aromatic nitrogens is 3. The zero-order chi connectivity index (χ0) is 13.2. The van der Waals surface area contributed by atoms with Gasteiger partial charge in [-0.05, 0) is 12.1 Å². The van der Waals surface area contributed by atoms with Gasteiger partial charge in [-0.3, -0.25) is 10.3 Å². The van der Waals surface area contributed by atoms with Crippen LogP contribution in [0.3, 0.4) is 0 Å². The third-order valence-electron chi connectivity index (χ3n) is 2.42. The van der Waals surface area contributed by atoms with Crippen molar-refractivity contribution in [3.8, 4) is 10.6 Å². The van der Waals surface area contributed by atoms with Crippen LogP contribution in [0.25, 0.3) is 20.8 Å². The lowest BCUT2D eigenvalue weighted by Crippen LogP contribution is -2.08. The number of fused-ring (bicyclic) bond motifs is 1. The average Bonchev–Trinajstić information content (AvgIpc) is 2.82. The molecule has 0 saturated heterocycles. The first kappa shape index (κ1) is 11.5. The summed E-state index contributed by atoms with van der Waals surface area (Å²) in [6.45, 7) is 0. The van der Waals surface area contributed by atoms with Crippen LogP contribution in [0.1, 0.15) is 0 Å². The van der Waals surface area contributed by atoms with Crippen LogP contribution < -0.4 is 5.32 Å². The van der Waals surface area contributed by atoms with Crippen LogP contribution in [-0.4, -0.2) is 26.2 Å². The molecule has 3 aromatic heterocycles. The van der Waals surface area contributed by atoms with Crippen molar-refractivity contribution < 1.29 is 9.90 Å². The van der Waals surface area contributed by atoms with Crippen LogP contribution in [0.2, 0.25) is 0 Å². The van der Waals surface area contributed by atoms with Gasteiger partial charge in [-0.15, -0.1) is 11.3 Å². The maximum atomic E-state index is 10.6. The van der Waals surface area contributed by atoms with E-state index in [1.54, 1.807) is 24.7 Å². The van der Waals surface area contributed by atoms with E-state index in [-0.39, 0.29) is 0 Å². The summed E-state index contributed by atoms with van der Waals surface area (Å²) in [4.78, 5) is 23.0. The molecule has 94 valence electrons. The molecule has 0 aliphatic rings. The Bertz CT molecular complexity index is 742. The number of thiazole rings is 1. The number of carboxylic acid groups (broad SMARTS) is 1. The average molecular weight is 272 g/mol. The van der Waals surface area contributed by atoms with Crippen molar-refractivity contribution in [1.82, 2.24) is 15.0 Å². The molecular formula is C12H8N4O2S. The number of anilines is 1. The van der Waals surface area contributed by atoms with E-state index in [1.165, 1.54) is 11.3 Å². The predicted molar refractivity (Wildman–Crippen MR) is 72.3 cm³/mol. The summed E-state index contributed by atoms with van der Waals surface area (Å²) in [5.41, 5.74) is 1.66. The first-order chi connectivity index (χ1) is 9.22. The highest BCUT2D eigenvalue weighted by molar-refractivity contribution is 7.21. The Morgan fingerprint density at radius 1 is 1.37 bits per heavy atom. The van der Waals surface area contributed by atoms with Crippen LogP contribution in [0.4, 0.5) is 10.6 Å². The Morgan fingerprint density at radius 3 is 3.00 bits per heavy atom. The number of pyridine rings is 2. The summed E-state index contributed by atoms with van der Waals surface area (Å²) in [7, 11) is 0. The molecule has 0 spiro atoms. The van der Waals surface area contributed by atoms with Crippen molar-refractivity contribution in [1.29, 1.82) is 0 Å². The summed E-state index contributed by atoms with van der Waals surface area (Å²) in [5, 5.41) is 11.7. The fourth-order valence-corrected chi connectivity index (χ4v) is 2.59. The third kappa shape index (κ3) is 2.36.